The van der Waals surface area contributed by atoms with Gasteiger partial charge in [0.1, 0.15) is 11.9 Å². The van der Waals surface area contributed by atoms with Crippen molar-refractivity contribution in [2.75, 3.05) is 14.2 Å². The van der Waals surface area contributed by atoms with Gasteiger partial charge in [0.25, 0.3) is 0 Å². The molecule has 4 heteroatoms. The quantitative estimate of drug-likeness (QED) is 0.876. The van der Waals surface area contributed by atoms with E-state index in [1.165, 1.54) is 0 Å². The van der Waals surface area contributed by atoms with Crippen LogP contribution < -0.4 is 5.32 Å². The Morgan fingerprint density at radius 2 is 2.00 bits per heavy atom. The Bertz CT molecular complexity index is 481. The first-order chi connectivity index (χ1) is 8.77. The molecule has 1 aromatic carbocycles. The van der Waals surface area contributed by atoms with E-state index in [2.05, 4.69) is 22.4 Å². The number of nitrogens with zero attached hydrogens (tertiary/aromatic N) is 2. The maximum absolute atomic E-state index is 5.65. The van der Waals surface area contributed by atoms with Crippen LogP contribution in [-0.4, -0.2) is 23.7 Å². The first-order valence-electron chi connectivity index (χ1n) is 6.00. The van der Waals surface area contributed by atoms with E-state index in [0.29, 0.717) is 0 Å². The van der Waals surface area contributed by atoms with Gasteiger partial charge in [-0.05, 0) is 12.6 Å². The van der Waals surface area contributed by atoms with Gasteiger partial charge in [0.05, 0.1) is 6.04 Å². The standard InChI is InChI=1S/C14H19N3O/c1-15-12(14-16-9-10-17(14)2)13(18-3)11-7-5-4-6-8-11/h4-10,12-13,15H,1-3H3. The molecular formula is C14H19N3O. The average Bonchev–Trinajstić information content (AvgIpc) is 2.83. The summed E-state index contributed by atoms with van der Waals surface area (Å²) in [5, 5.41) is 3.29. The highest BCUT2D eigenvalue weighted by atomic mass is 16.5. The molecule has 0 spiro atoms. The van der Waals surface area contributed by atoms with Gasteiger partial charge in [-0.15, -0.1) is 0 Å². The summed E-state index contributed by atoms with van der Waals surface area (Å²) >= 11 is 0. The van der Waals surface area contributed by atoms with Crippen LogP contribution in [0.1, 0.15) is 23.5 Å². The molecule has 0 amide bonds. The number of aryl methyl sites for hydroxylation is 1. The van der Waals surface area contributed by atoms with Crippen molar-refractivity contribution in [2.45, 2.75) is 12.1 Å². The summed E-state index contributed by atoms with van der Waals surface area (Å²) in [6, 6.07) is 10.2. The molecule has 1 N–H and O–H groups in total. The molecule has 96 valence electrons. The highest BCUT2D eigenvalue weighted by molar-refractivity contribution is 5.21. The van der Waals surface area contributed by atoms with Crippen molar-refractivity contribution in [1.29, 1.82) is 0 Å². The Morgan fingerprint density at radius 3 is 2.50 bits per heavy atom. The summed E-state index contributed by atoms with van der Waals surface area (Å²) in [5.74, 6) is 0.966. The third-order valence-electron chi connectivity index (χ3n) is 3.13. The van der Waals surface area contributed by atoms with E-state index >= 15 is 0 Å². The summed E-state index contributed by atoms with van der Waals surface area (Å²) < 4.78 is 7.66. The van der Waals surface area contributed by atoms with Crippen LogP contribution in [-0.2, 0) is 11.8 Å². The van der Waals surface area contributed by atoms with Crippen molar-refractivity contribution in [2.24, 2.45) is 7.05 Å². The zero-order valence-electron chi connectivity index (χ0n) is 11.0. The van der Waals surface area contributed by atoms with Gasteiger partial charge in [0, 0.05) is 26.6 Å². The molecule has 0 bridgehead atoms. The van der Waals surface area contributed by atoms with E-state index in [1.807, 2.05) is 43.1 Å². The number of hydrogen-bond donors (Lipinski definition) is 1. The van der Waals surface area contributed by atoms with Crippen LogP contribution in [0.2, 0.25) is 0 Å². The van der Waals surface area contributed by atoms with E-state index in [-0.39, 0.29) is 12.1 Å². The van der Waals surface area contributed by atoms with Crippen LogP contribution in [0.3, 0.4) is 0 Å². The van der Waals surface area contributed by atoms with Gasteiger partial charge in [0.15, 0.2) is 0 Å². The van der Waals surface area contributed by atoms with Crippen molar-refractivity contribution in [3.8, 4) is 0 Å². The van der Waals surface area contributed by atoms with Gasteiger partial charge in [-0.3, -0.25) is 0 Å². The topological polar surface area (TPSA) is 39.1 Å². The minimum Gasteiger partial charge on any atom is -0.375 e. The second-order valence-corrected chi connectivity index (χ2v) is 4.23. The van der Waals surface area contributed by atoms with E-state index in [4.69, 9.17) is 4.74 Å². The maximum atomic E-state index is 5.65. The lowest BCUT2D eigenvalue weighted by Crippen LogP contribution is -2.27. The minimum absolute atomic E-state index is 0.0254. The van der Waals surface area contributed by atoms with Crippen LogP contribution in [0.4, 0.5) is 0 Å². The molecule has 0 radical (unpaired) electrons. The predicted molar refractivity (Wildman–Crippen MR) is 71.2 cm³/mol. The largest absolute Gasteiger partial charge is 0.375 e. The number of ether oxygens (including phenoxy) is 1. The average molecular weight is 245 g/mol. The number of hydrogen-bond acceptors (Lipinski definition) is 3. The zero-order valence-corrected chi connectivity index (χ0v) is 11.0. The molecule has 1 aromatic heterocycles. The summed E-state index contributed by atoms with van der Waals surface area (Å²) in [4.78, 5) is 4.40. The molecule has 0 aliphatic rings. The second kappa shape index (κ2) is 5.80. The SMILES string of the molecule is CNC(c1nccn1C)C(OC)c1ccccc1. The van der Waals surface area contributed by atoms with E-state index in [9.17, 15) is 0 Å². The van der Waals surface area contributed by atoms with E-state index in [1.54, 1.807) is 13.3 Å². The molecule has 1 heterocycles. The molecule has 2 unspecified atom stereocenters. The Kier molecular flexibility index (Phi) is 4.12. The van der Waals surface area contributed by atoms with Gasteiger partial charge in [-0.25, -0.2) is 4.98 Å². The van der Waals surface area contributed by atoms with Gasteiger partial charge >= 0.3 is 0 Å². The number of rotatable bonds is 5. The van der Waals surface area contributed by atoms with Crippen LogP contribution in [0.5, 0.6) is 0 Å². The van der Waals surface area contributed by atoms with Gasteiger partial charge in [-0.2, -0.15) is 0 Å². The van der Waals surface area contributed by atoms with Crippen molar-refractivity contribution in [3.63, 3.8) is 0 Å². The fourth-order valence-corrected chi connectivity index (χ4v) is 2.20. The lowest BCUT2D eigenvalue weighted by Gasteiger charge is -2.25. The number of benzene rings is 1. The summed E-state index contributed by atoms with van der Waals surface area (Å²) in [6.07, 6.45) is 3.69. The second-order valence-electron chi connectivity index (χ2n) is 4.23. The maximum Gasteiger partial charge on any atom is 0.128 e. The Balaban J connectivity index is 2.34. The molecule has 2 atom stereocenters. The lowest BCUT2D eigenvalue weighted by atomic mass is 10.0. The fraction of sp³-hybridized carbons (Fsp3) is 0.357. The third kappa shape index (κ3) is 2.44. The van der Waals surface area contributed by atoms with E-state index < -0.39 is 0 Å². The van der Waals surface area contributed by atoms with Crippen molar-refractivity contribution < 1.29 is 4.74 Å². The molecular weight excluding hydrogens is 226 g/mol. The number of methoxy groups -OCH3 is 1. The zero-order chi connectivity index (χ0) is 13.0. The molecule has 0 saturated heterocycles. The summed E-state index contributed by atoms with van der Waals surface area (Å²) in [6.45, 7) is 0. The molecule has 0 aliphatic carbocycles. The smallest absolute Gasteiger partial charge is 0.128 e. The summed E-state index contributed by atoms with van der Waals surface area (Å²) in [5.41, 5.74) is 1.14. The molecule has 4 nitrogen and oxygen atoms in total. The van der Waals surface area contributed by atoms with Gasteiger partial charge < -0.3 is 14.6 Å². The van der Waals surface area contributed by atoms with Crippen molar-refractivity contribution in [3.05, 3.63) is 54.1 Å². The Morgan fingerprint density at radius 1 is 1.28 bits per heavy atom. The van der Waals surface area contributed by atoms with Crippen LogP contribution in [0, 0.1) is 0 Å². The van der Waals surface area contributed by atoms with Crippen molar-refractivity contribution in [1.82, 2.24) is 14.9 Å². The van der Waals surface area contributed by atoms with Gasteiger partial charge in [-0.1, -0.05) is 30.3 Å². The highest BCUT2D eigenvalue weighted by Gasteiger charge is 2.26. The molecule has 2 aromatic rings. The fourth-order valence-electron chi connectivity index (χ4n) is 2.20. The first-order valence-corrected chi connectivity index (χ1v) is 6.00. The van der Waals surface area contributed by atoms with Crippen LogP contribution in [0.15, 0.2) is 42.7 Å². The van der Waals surface area contributed by atoms with Crippen LogP contribution in [0.25, 0.3) is 0 Å². The molecule has 0 saturated carbocycles. The molecule has 18 heavy (non-hydrogen) atoms. The highest BCUT2D eigenvalue weighted by Crippen LogP contribution is 2.30. The summed E-state index contributed by atoms with van der Waals surface area (Å²) in [7, 11) is 5.64. The number of imidazole rings is 1. The van der Waals surface area contributed by atoms with Gasteiger partial charge in [0.2, 0.25) is 0 Å². The Labute approximate surface area is 108 Å². The van der Waals surface area contributed by atoms with Crippen LogP contribution >= 0.6 is 0 Å². The number of aromatic nitrogens is 2. The normalized spacial score (nSPS) is 14.4. The first kappa shape index (κ1) is 12.8. The Hall–Kier alpha value is -1.65. The predicted octanol–water partition coefficient (Wildman–Crippen LogP) is 2.07. The minimum atomic E-state index is -0.0581. The third-order valence-corrected chi connectivity index (χ3v) is 3.13. The van der Waals surface area contributed by atoms with Crippen molar-refractivity contribution >= 4 is 0 Å². The molecule has 0 aliphatic heterocycles. The molecule has 2 rings (SSSR count). The number of nitrogens with one attached hydrogen (secondary N) is 1. The molecule has 0 fully saturated rings. The van der Waals surface area contributed by atoms with E-state index in [0.717, 1.165) is 11.4 Å². The lowest BCUT2D eigenvalue weighted by molar-refractivity contribution is 0.0665. The monoisotopic (exact) mass is 245 g/mol. The number of likely N-dealkylation sites (N-methyl/N-ethyl adjacent to an activating group) is 1.